The Morgan fingerprint density at radius 2 is 0.837 bits per heavy atom. The van der Waals surface area contributed by atoms with Gasteiger partial charge in [-0.25, -0.2) is 0 Å². The van der Waals surface area contributed by atoms with Crippen LogP contribution in [0.2, 0.25) is 0 Å². The number of amides is 1. The van der Waals surface area contributed by atoms with Crippen LogP contribution < -0.4 is 5.32 Å². The lowest BCUT2D eigenvalue weighted by Gasteiger charge is -2.21. The highest BCUT2D eigenvalue weighted by molar-refractivity contribution is 5.80. The summed E-state index contributed by atoms with van der Waals surface area (Å²) in [6.07, 6.45) is 48.9. The summed E-state index contributed by atoms with van der Waals surface area (Å²) in [5, 5.41) is 33.0. The van der Waals surface area contributed by atoms with Crippen LogP contribution in [0.1, 0.15) is 213 Å². The lowest BCUT2D eigenvalue weighted by atomic mass is 10.0. The zero-order valence-electron chi connectivity index (χ0n) is 32.6. The SMILES string of the molecule is CCCCCCCCC/C=C\CCCCCCC(O)C(=O)NC(CO)C(O)/C=C/CC/C=C/CCCCCCCCCCCCCCCC. The molecule has 5 nitrogen and oxygen atoms in total. The molecule has 0 rings (SSSR count). The van der Waals surface area contributed by atoms with Crippen molar-refractivity contribution in [3.8, 4) is 0 Å². The van der Waals surface area contributed by atoms with Gasteiger partial charge in [-0.1, -0.05) is 192 Å². The molecule has 3 atom stereocenters. The topological polar surface area (TPSA) is 89.8 Å². The first-order chi connectivity index (χ1) is 24.1. The molecule has 0 aliphatic heterocycles. The number of hydrogen-bond acceptors (Lipinski definition) is 4. The number of carbonyl (C=O) groups is 1. The quantitative estimate of drug-likeness (QED) is 0.0384. The van der Waals surface area contributed by atoms with Crippen molar-refractivity contribution in [3.05, 3.63) is 36.5 Å². The number of carbonyl (C=O) groups excluding carboxylic acids is 1. The molecule has 0 aliphatic rings. The summed E-state index contributed by atoms with van der Waals surface area (Å²) in [6, 6.07) is -0.817. The first-order valence-electron chi connectivity index (χ1n) is 21.3. The summed E-state index contributed by atoms with van der Waals surface area (Å²) >= 11 is 0. The predicted octanol–water partition coefficient (Wildman–Crippen LogP) is 12.0. The van der Waals surface area contributed by atoms with Gasteiger partial charge in [0.05, 0.1) is 18.8 Å². The highest BCUT2D eigenvalue weighted by Gasteiger charge is 2.22. The van der Waals surface area contributed by atoms with Crippen molar-refractivity contribution in [1.82, 2.24) is 5.32 Å². The van der Waals surface area contributed by atoms with E-state index in [0.717, 1.165) is 51.4 Å². The molecule has 0 bridgehead atoms. The Kier molecular flexibility index (Phi) is 38.2. The molecule has 1 amide bonds. The third-order valence-corrected chi connectivity index (χ3v) is 9.70. The molecule has 4 N–H and O–H groups in total. The van der Waals surface area contributed by atoms with E-state index in [1.165, 1.54) is 141 Å². The Labute approximate surface area is 304 Å². The number of aliphatic hydroxyl groups is 3. The minimum atomic E-state index is -1.11. The minimum absolute atomic E-state index is 0.379. The minimum Gasteiger partial charge on any atom is -0.394 e. The summed E-state index contributed by atoms with van der Waals surface area (Å²) in [5.41, 5.74) is 0. The van der Waals surface area contributed by atoms with Crippen LogP contribution in [-0.4, -0.2) is 46.1 Å². The van der Waals surface area contributed by atoms with E-state index in [4.69, 9.17) is 0 Å². The fourth-order valence-electron chi connectivity index (χ4n) is 6.31. The normalized spacial score (nSPS) is 14.0. The van der Waals surface area contributed by atoms with Crippen molar-refractivity contribution in [3.63, 3.8) is 0 Å². The van der Waals surface area contributed by atoms with Gasteiger partial charge in [0, 0.05) is 0 Å². The van der Waals surface area contributed by atoms with Crippen LogP contribution in [0.3, 0.4) is 0 Å². The van der Waals surface area contributed by atoms with Crippen LogP contribution in [0, 0.1) is 0 Å². The summed E-state index contributed by atoms with van der Waals surface area (Å²) in [7, 11) is 0. The Bertz CT molecular complexity index is 764. The largest absolute Gasteiger partial charge is 0.394 e. The van der Waals surface area contributed by atoms with Gasteiger partial charge < -0.3 is 20.6 Å². The van der Waals surface area contributed by atoms with Gasteiger partial charge in [-0.3, -0.25) is 4.79 Å². The molecule has 0 radical (unpaired) electrons. The molecule has 5 heteroatoms. The van der Waals surface area contributed by atoms with E-state index in [-0.39, 0.29) is 6.61 Å². The molecule has 0 aliphatic carbocycles. The Balaban J connectivity index is 3.75. The van der Waals surface area contributed by atoms with E-state index >= 15 is 0 Å². The second-order valence-electron chi connectivity index (χ2n) is 14.5. The van der Waals surface area contributed by atoms with Gasteiger partial charge in [-0.05, 0) is 57.8 Å². The highest BCUT2D eigenvalue weighted by atomic mass is 16.3. The lowest BCUT2D eigenvalue weighted by Crippen LogP contribution is -2.48. The molecule has 0 spiro atoms. The molecule has 49 heavy (non-hydrogen) atoms. The van der Waals surface area contributed by atoms with Gasteiger partial charge in [0.1, 0.15) is 6.10 Å². The van der Waals surface area contributed by atoms with Gasteiger partial charge >= 0.3 is 0 Å². The van der Waals surface area contributed by atoms with Crippen molar-refractivity contribution in [2.24, 2.45) is 0 Å². The van der Waals surface area contributed by atoms with Crippen molar-refractivity contribution in [1.29, 1.82) is 0 Å². The van der Waals surface area contributed by atoms with Crippen LogP contribution in [0.4, 0.5) is 0 Å². The van der Waals surface area contributed by atoms with Gasteiger partial charge in [0.25, 0.3) is 0 Å². The second kappa shape index (κ2) is 39.4. The zero-order chi connectivity index (χ0) is 35.9. The number of aliphatic hydroxyl groups excluding tert-OH is 3. The molecular weight excluding hydrogens is 606 g/mol. The fourth-order valence-corrected chi connectivity index (χ4v) is 6.31. The van der Waals surface area contributed by atoms with Gasteiger partial charge in [-0.2, -0.15) is 0 Å². The monoisotopic (exact) mass is 690 g/mol. The summed E-state index contributed by atoms with van der Waals surface area (Å²) in [4.78, 5) is 12.4. The molecule has 3 unspecified atom stereocenters. The smallest absolute Gasteiger partial charge is 0.249 e. The first kappa shape index (κ1) is 47.6. The Morgan fingerprint density at radius 3 is 1.24 bits per heavy atom. The van der Waals surface area contributed by atoms with Crippen LogP contribution in [-0.2, 0) is 4.79 Å². The molecule has 0 saturated heterocycles. The number of allylic oxidation sites excluding steroid dienone is 5. The molecule has 0 aromatic rings. The summed E-state index contributed by atoms with van der Waals surface area (Å²) in [5.74, 6) is -0.522. The number of rotatable bonds is 38. The average molecular weight is 690 g/mol. The average Bonchev–Trinajstić information content (AvgIpc) is 3.11. The molecule has 0 aromatic carbocycles. The molecule has 0 saturated carbocycles. The standard InChI is InChI=1S/C44H83NO4/c1-3-5-7-9-11-13-15-17-19-20-21-22-23-25-26-28-30-32-34-36-38-42(47)41(40-46)45-44(49)43(48)39-37-35-33-31-29-27-24-18-16-14-12-10-8-6-4-2/h24,27-28,30,36,38,41-43,46-48H,3-23,25-26,29,31-35,37,39-40H2,1-2H3,(H,45,49)/b27-24-,30-28+,38-36+. The molecule has 0 aromatic heterocycles. The molecule has 0 fully saturated rings. The zero-order valence-corrected chi connectivity index (χ0v) is 32.6. The fraction of sp³-hybridized carbons (Fsp3) is 0.841. The Morgan fingerprint density at radius 1 is 0.490 bits per heavy atom. The van der Waals surface area contributed by atoms with Gasteiger partial charge in [0.15, 0.2) is 0 Å². The number of nitrogens with one attached hydrogen (secondary N) is 1. The Hall–Kier alpha value is -1.43. The number of hydrogen-bond donors (Lipinski definition) is 4. The van der Waals surface area contributed by atoms with E-state index in [9.17, 15) is 20.1 Å². The lowest BCUT2D eigenvalue weighted by molar-refractivity contribution is -0.131. The maximum Gasteiger partial charge on any atom is 0.249 e. The summed E-state index contributed by atoms with van der Waals surface area (Å²) in [6.45, 7) is 4.16. The van der Waals surface area contributed by atoms with Crippen LogP contribution in [0.15, 0.2) is 36.5 Å². The molecule has 0 heterocycles. The van der Waals surface area contributed by atoms with E-state index in [1.54, 1.807) is 6.08 Å². The third kappa shape index (κ3) is 34.8. The molecular formula is C44H83NO4. The van der Waals surface area contributed by atoms with Gasteiger partial charge in [-0.15, -0.1) is 0 Å². The second-order valence-corrected chi connectivity index (χ2v) is 14.5. The predicted molar refractivity (Wildman–Crippen MR) is 213 cm³/mol. The molecule has 288 valence electrons. The van der Waals surface area contributed by atoms with Crippen molar-refractivity contribution in [2.75, 3.05) is 6.61 Å². The van der Waals surface area contributed by atoms with Gasteiger partial charge in [0.2, 0.25) is 5.91 Å². The summed E-state index contributed by atoms with van der Waals surface area (Å²) < 4.78 is 0. The van der Waals surface area contributed by atoms with E-state index < -0.39 is 24.2 Å². The van der Waals surface area contributed by atoms with Crippen LogP contribution in [0.5, 0.6) is 0 Å². The van der Waals surface area contributed by atoms with Crippen LogP contribution in [0.25, 0.3) is 0 Å². The maximum atomic E-state index is 12.4. The maximum absolute atomic E-state index is 12.4. The van der Waals surface area contributed by atoms with Crippen molar-refractivity contribution < 1.29 is 20.1 Å². The first-order valence-corrected chi connectivity index (χ1v) is 21.3. The third-order valence-electron chi connectivity index (χ3n) is 9.70. The number of unbranched alkanes of at least 4 members (excludes halogenated alkanes) is 26. The van der Waals surface area contributed by atoms with Crippen molar-refractivity contribution in [2.45, 2.75) is 231 Å². The van der Waals surface area contributed by atoms with E-state index in [0.29, 0.717) is 6.42 Å². The van der Waals surface area contributed by atoms with Crippen molar-refractivity contribution >= 4 is 5.91 Å². The van der Waals surface area contributed by atoms with Crippen LogP contribution >= 0.6 is 0 Å². The highest BCUT2D eigenvalue weighted by Crippen LogP contribution is 2.14. The van der Waals surface area contributed by atoms with E-state index in [2.05, 4.69) is 43.5 Å². The van der Waals surface area contributed by atoms with E-state index in [1.807, 2.05) is 6.08 Å².